The molecule has 0 atom stereocenters. The van der Waals surface area contributed by atoms with Gasteiger partial charge in [0.05, 0.1) is 21.3 Å². The van der Waals surface area contributed by atoms with E-state index >= 15 is 0 Å². The quantitative estimate of drug-likeness (QED) is 0.672. The lowest BCUT2D eigenvalue weighted by atomic mass is 9.84. The van der Waals surface area contributed by atoms with E-state index in [0.29, 0.717) is 5.92 Å². The van der Waals surface area contributed by atoms with Gasteiger partial charge in [-0.2, -0.15) is 0 Å². The van der Waals surface area contributed by atoms with Crippen molar-refractivity contribution >= 4 is 35.4 Å². The molecule has 2 aliphatic rings. The zero-order valence-corrected chi connectivity index (χ0v) is 19.0. The van der Waals surface area contributed by atoms with Crippen molar-refractivity contribution in [3.63, 3.8) is 0 Å². The third kappa shape index (κ3) is 4.92. The van der Waals surface area contributed by atoms with Crippen LogP contribution in [0, 0.1) is 13.8 Å². The predicted octanol–water partition coefficient (Wildman–Crippen LogP) is 4.48. The van der Waals surface area contributed by atoms with Gasteiger partial charge in [-0.1, -0.05) is 41.4 Å². The second kappa shape index (κ2) is 9.15. The first-order chi connectivity index (χ1) is 14.1. The fourth-order valence-electron chi connectivity index (χ4n) is 4.72. The number of likely N-dealkylation sites (tertiary alicyclic amines) is 1. The van der Waals surface area contributed by atoms with Gasteiger partial charge in [0, 0.05) is 38.6 Å². The summed E-state index contributed by atoms with van der Waals surface area (Å²) in [6, 6.07) is 10.3. The molecule has 0 radical (unpaired) electrons. The predicted molar refractivity (Wildman–Crippen MR) is 122 cm³/mol. The maximum absolute atomic E-state index is 9.92. The third-order valence-corrected chi connectivity index (χ3v) is 6.34. The number of hydrogen-bond donors (Lipinski definition) is 2. The molecule has 5 nitrogen and oxygen atoms in total. The van der Waals surface area contributed by atoms with Gasteiger partial charge in [0.15, 0.2) is 0 Å². The topological polar surface area (TPSA) is 64.0 Å². The molecule has 0 spiro atoms. The molecule has 30 heavy (non-hydrogen) atoms. The number of rotatable bonds is 4. The van der Waals surface area contributed by atoms with E-state index in [1.807, 2.05) is 25.1 Å². The number of β-amino-alcohol motifs (C(OH)–C–C–N with tert-alkyl or cyclic N) is 1. The summed E-state index contributed by atoms with van der Waals surface area (Å²) in [4.78, 5) is 12.9. The van der Waals surface area contributed by atoms with Crippen molar-refractivity contribution in [2.45, 2.75) is 38.8 Å². The number of benzene rings is 2. The second-order valence-corrected chi connectivity index (χ2v) is 9.38. The van der Waals surface area contributed by atoms with Crippen molar-refractivity contribution in [1.29, 1.82) is 0 Å². The molecule has 2 saturated heterocycles. The molecule has 0 saturated carbocycles. The van der Waals surface area contributed by atoms with Gasteiger partial charge in [-0.05, 0) is 55.2 Å². The third-order valence-electron chi connectivity index (χ3n) is 5.73. The summed E-state index contributed by atoms with van der Waals surface area (Å²) in [5.74, 6) is 0.510. The highest BCUT2D eigenvalue weighted by molar-refractivity contribution is 6.39. The van der Waals surface area contributed by atoms with E-state index in [1.54, 1.807) is 0 Å². The molecule has 162 valence electrons. The summed E-state index contributed by atoms with van der Waals surface area (Å²) in [6.07, 6.45) is 0. The summed E-state index contributed by atoms with van der Waals surface area (Å²) in [5, 5.41) is 18.2. The van der Waals surface area contributed by atoms with Crippen molar-refractivity contribution in [1.82, 2.24) is 4.90 Å². The first-order valence-corrected chi connectivity index (χ1v) is 10.7. The highest BCUT2D eigenvalue weighted by Crippen LogP contribution is 2.41. The molecule has 2 aromatic carbocycles. The van der Waals surface area contributed by atoms with Crippen LogP contribution in [0.1, 0.15) is 35.1 Å². The lowest BCUT2D eigenvalue weighted by Crippen LogP contribution is -2.59. The van der Waals surface area contributed by atoms with Crippen LogP contribution in [0.15, 0.2) is 30.3 Å². The Morgan fingerprint density at radius 1 is 1.13 bits per heavy atom. The lowest BCUT2D eigenvalue weighted by Gasteiger charge is -2.45. The summed E-state index contributed by atoms with van der Waals surface area (Å²) in [5.41, 5.74) is 5.93. The van der Waals surface area contributed by atoms with Crippen LogP contribution in [0.25, 0.3) is 0 Å². The molecule has 0 aromatic heterocycles. The van der Waals surface area contributed by atoms with Crippen molar-refractivity contribution in [3.8, 4) is 0 Å². The Labute approximate surface area is 187 Å². The molecule has 0 bridgehead atoms. The fourth-order valence-corrected chi connectivity index (χ4v) is 5.36. The minimum atomic E-state index is -0.514. The van der Waals surface area contributed by atoms with Gasteiger partial charge in [-0.25, -0.2) is 0 Å². The maximum Gasteiger partial charge on any atom is 0.290 e. The molecule has 4 rings (SSSR count). The van der Waals surface area contributed by atoms with Crippen molar-refractivity contribution in [2.24, 2.45) is 0 Å². The standard InChI is InChI=1S/C22H26Cl2N2O.CH2O2/c1-14-7-16(9-25-12-22(3,27)13-25)8-15(2)20(14)17-10-26(11-17)21-18(23)5-4-6-19(21)24;2-1-3/h4-8,17,27H,9-13H2,1-3H3;1H,(H,2,3). The molecule has 0 unspecified atom stereocenters. The summed E-state index contributed by atoms with van der Waals surface area (Å²) >= 11 is 12.7. The van der Waals surface area contributed by atoms with Crippen LogP contribution in [0.3, 0.4) is 0 Å². The van der Waals surface area contributed by atoms with E-state index in [2.05, 4.69) is 35.8 Å². The minimum Gasteiger partial charge on any atom is -0.483 e. The highest BCUT2D eigenvalue weighted by atomic mass is 35.5. The second-order valence-electron chi connectivity index (χ2n) is 8.56. The molecule has 2 aromatic rings. The van der Waals surface area contributed by atoms with Gasteiger partial charge >= 0.3 is 0 Å². The number of para-hydroxylation sites is 1. The van der Waals surface area contributed by atoms with Crippen LogP contribution in [-0.2, 0) is 11.3 Å². The zero-order valence-electron chi connectivity index (χ0n) is 17.5. The number of carbonyl (C=O) groups is 1. The Hall–Kier alpha value is -1.79. The lowest BCUT2D eigenvalue weighted by molar-refractivity contribution is -0.122. The average Bonchev–Trinajstić information content (AvgIpc) is 2.57. The van der Waals surface area contributed by atoms with Gasteiger partial charge in [0.1, 0.15) is 0 Å². The molecule has 0 aliphatic carbocycles. The molecule has 2 heterocycles. The minimum absolute atomic E-state index is 0.250. The molecule has 7 heteroatoms. The van der Waals surface area contributed by atoms with Crippen LogP contribution < -0.4 is 4.90 Å². The number of halogens is 2. The highest BCUT2D eigenvalue weighted by Gasteiger charge is 2.36. The van der Waals surface area contributed by atoms with Crippen LogP contribution in [0.4, 0.5) is 5.69 Å². The number of anilines is 1. The smallest absolute Gasteiger partial charge is 0.290 e. The maximum atomic E-state index is 9.92. The van der Waals surface area contributed by atoms with E-state index < -0.39 is 5.60 Å². The normalized spacial score (nSPS) is 18.1. The van der Waals surface area contributed by atoms with E-state index in [4.69, 9.17) is 33.1 Å². The number of hydrogen-bond acceptors (Lipinski definition) is 4. The molecular weight excluding hydrogens is 423 g/mol. The van der Waals surface area contributed by atoms with Crippen LogP contribution in [0.5, 0.6) is 0 Å². The van der Waals surface area contributed by atoms with Crippen LogP contribution in [-0.4, -0.2) is 53.4 Å². The monoisotopic (exact) mass is 450 g/mol. The van der Waals surface area contributed by atoms with E-state index in [1.165, 1.54) is 22.3 Å². The number of nitrogens with zero attached hydrogens (tertiary/aromatic N) is 2. The summed E-state index contributed by atoms with van der Waals surface area (Å²) in [6.45, 7) is 10.4. The summed E-state index contributed by atoms with van der Waals surface area (Å²) < 4.78 is 0. The van der Waals surface area contributed by atoms with Crippen molar-refractivity contribution < 1.29 is 15.0 Å². The number of carboxylic acid groups (broad SMARTS) is 1. The first-order valence-electron chi connectivity index (χ1n) is 9.96. The van der Waals surface area contributed by atoms with Gasteiger partial charge < -0.3 is 15.1 Å². The first kappa shape index (κ1) is 22.9. The molecule has 2 fully saturated rings. The molecule has 2 aliphatic heterocycles. The van der Waals surface area contributed by atoms with Crippen LogP contribution in [0.2, 0.25) is 10.0 Å². The Morgan fingerprint density at radius 2 is 1.63 bits per heavy atom. The Balaban J connectivity index is 0.000000806. The molecule has 2 N–H and O–H groups in total. The summed E-state index contributed by atoms with van der Waals surface area (Å²) in [7, 11) is 0. The largest absolute Gasteiger partial charge is 0.483 e. The Bertz CT molecular complexity index is 875. The van der Waals surface area contributed by atoms with Crippen molar-refractivity contribution in [2.75, 3.05) is 31.1 Å². The Kier molecular flexibility index (Phi) is 6.98. The van der Waals surface area contributed by atoms with Crippen molar-refractivity contribution in [3.05, 3.63) is 62.6 Å². The SMILES string of the molecule is Cc1cc(CN2CC(C)(O)C2)cc(C)c1C1CN(c2c(Cl)cccc2Cl)C1.O=CO. The van der Waals surface area contributed by atoms with Gasteiger partial charge in [-0.15, -0.1) is 0 Å². The van der Waals surface area contributed by atoms with E-state index in [0.717, 1.165) is 48.5 Å². The van der Waals surface area contributed by atoms with Gasteiger partial charge in [0.25, 0.3) is 6.47 Å². The Morgan fingerprint density at radius 3 is 2.10 bits per heavy atom. The number of aliphatic hydroxyl groups is 1. The molecular formula is C23H28Cl2N2O3. The fraction of sp³-hybridized carbons (Fsp3) is 0.435. The van der Waals surface area contributed by atoms with E-state index in [-0.39, 0.29) is 6.47 Å². The molecule has 0 amide bonds. The van der Waals surface area contributed by atoms with E-state index in [9.17, 15) is 5.11 Å². The van der Waals surface area contributed by atoms with Gasteiger partial charge in [0.2, 0.25) is 0 Å². The number of aryl methyl sites for hydroxylation is 2. The average molecular weight is 451 g/mol. The zero-order chi connectivity index (χ0) is 22.1. The van der Waals surface area contributed by atoms with Gasteiger partial charge in [-0.3, -0.25) is 9.69 Å². The van der Waals surface area contributed by atoms with Crippen LogP contribution >= 0.6 is 23.2 Å².